The van der Waals surface area contributed by atoms with Crippen molar-refractivity contribution < 1.29 is 9.59 Å². The van der Waals surface area contributed by atoms with Crippen LogP contribution in [-0.4, -0.2) is 11.8 Å². The molecule has 0 radical (unpaired) electrons. The van der Waals surface area contributed by atoms with Crippen molar-refractivity contribution in [2.24, 2.45) is 5.41 Å². The molecule has 2 N–H and O–H groups in total. The zero-order valence-electron chi connectivity index (χ0n) is 14.7. The number of hydrogen-bond donors (Lipinski definition) is 2. The number of nitrogens with one attached hydrogen (secondary N) is 2. The first kappa shape index (κ1) is 18.4. The van der Waals surface area contributed by atoms with E-state index < -0.39 is 5.41 Å². The van der Waals surface area contributed by atoms with Gasteiger partial charge in [0, 0.05) is 26.9 Å². The third-order valence-electron chi connectivity index (χ3n) is 3.80. The number of carbonyl (C=O) groups is 2. The molecule has 0 unspecified atom stereocenters. The summed E-state index contributed by atoms with van der Waals surface area (Å²) in [6.45, 7) is 5.53. The number of thiophene rings is 1. The smallest absolute Gasteiger partial charge is 0.267 e. The number of carbonyl (C=O) groups excluding carboxylic acids is 2. The highest BCUT2D eigenvalue weighted by Gasteiger charge is 2.21. The largest absolute Gasteiger partial charge is 0.326 e. The van der Waals surface area contributed by atoms with E-state index in [2.05, 4.69) is 10.6 Å². The maximum atomic E-state index is 12.6. The Kier molecular flexibility index (Phi) is 5.03. The predicted molar refractivity (Wildman–Crippen MR) is 109 cm³/mol. The van der Waals surface area contributed by atoms with Crippen LogP contribution in [-0.2, 0) is 4.79 Å². The molecule has 0 aliphatic rings. The highest BCUT2D eigenvalue weighted by atomic mass is 35.5. The second-order valence-electron chi connectivity index (χ2n) is 6.98. The van der Waals surface area contributed by atoms with Gasteiger partial charge in [-0.25, -0.2) is 0 Å². The first-order chi connectivity index (χ1) is 12.3. The Bertz CT molecular complexity index is 989. The number of anilines is 2. The number of benzene rings is 2. The van der Waals surface area contributed by atoms with Crippen molar-refractivity contribution >= 4 is 56.2 Å². The molecule has 0 bridgehead atoms. The molecule has 3 aromatic rings. The molecule has 0 saturated heterocycles. The molecule has 134 valence electrons. The number of halogens is 1. The van der Waals surface area contributed by atoms with Crippen molar-refractivity contribution in [1.29, 1.82) is 0 Å². The predicted octanol–water partition coefficient (Wildman–Crippen LogP) is 5.79. The average molecular weight is 387 g/mol. The van der Waals surface area contributed by atoms with Crippen LogP contribution in [0.4, 0.5) is 11.4 Å². The van der Waals surface area contributed by atoms with Crippen LogP contribution in [0, 0.1) is 5.41 Å². The van der Waals surface area contributed by atoms with E-state index >= 15 is 0 Å². The van der Waals surface area contributed by atoms with Crippen LogP contribution in [0.1, 0.15) is 30.4 Å². The SMILES string of the molecule is CC(C)(C)C(=O)Nc1cccc(NC(=O)c2sc3ccccc3c2Cl)c1. The molecule has 4 nitrogen and oxygen atoms in total. The highest BCUT2D eigenvalue weighted by Crippen LogP contribution is 2.35. The fraction of sp³-hybridized carbons (Fsp3) is 0.200. The lowest BCUT2D eigenvalue weighted by Crippen LogP contribution is -2.27. The van der Waals surface area contributed by atoms with Crippen molar-refractivity contribution in [2.75, 3.05) is 10.6 Å². The van der Waals surface area contributed by atoms with E-state index in [0.717, 1.165) is 10.1 Å². The molecule has 3 rings (SSSR count). The first-order valence-electron chi connectivity index (χ1n) is 8.15. The number of amides is 2. The fourth-order valence-electron chi connectivity index (χ4n) is 2.34. The molecule has 2 aromatic carbocycles. The van der Waals surface area contributed by atoms with Crippen molar-refractivity contribution in [1.82, 2.24) is 0 Å². The summed E-state index contributed by atoms with van der Waals surface area (Å²) in [7, 11) is 0. The van der Waals surface area contributed by atoms with Gasteiger partial charge in [-0.05, 0) is 24.3 Å². The normalized spacial score (nSPS) is 11.4. The molecule has 1 heterocycles. The minimum absolute atomic E-state index is 0.0893. The Labute approximate surface area is 161 Å². The molecule has 2 amide bonds. The molecule has 0 saturated carbocycles. The average Bonchev–Trinajstić information content (AvgIpc) is 2.92. The molecule has 6 heteroatoms. The van der Waals surface area contributed by atoms with E-state index in [4.69, 9.17) is 11.6 Å². The van der Waals surface area contributed by atoms with Gasteiger partial charge in [0.2, 0.25) is 5.91 Å². The summed E-state index contributed by atoms with van der Waals surface area (Å²) in [4.78, 5) is 25.2. The molecule has 0 fully saturated rings. The zero-order valence-corrected chi connectivity index (χ0v) is 16.3. The van der Waals surface area contributed by atoms with Gasteiger partial charge in [-0.15, -0.1) is 11.3 Å². The molecular weight excluding hydrogens is 368 g/mol. The standard InChI is InChI=1S/C20H19ClN2O2S/c1-20(2,3)19(25)23-13-8-6-7-12(11-13)22-18(24)17-16(21)14-9-4-5-10-15(14)26-17/h4-11H,1-3H3,(H,22,24)(H,23,25). The minimum atomic E-state index is -0.496. The summed E-state index contributed by atoms with van der Waals surface area (Å²) < 4.78 is 0.967. The molecule has 0 spiro atoms. The van der Waals surface area contributed by atoms with Crippen molar-refractivity contribution in [3.05, 3.63) is 58.4 Å². The maximum Gasteiger partial charge on any atom is 0.267 e. The number of hydrogen-bond acceptors (Lipinski definition) is 3. The third kappa shape index (κ3) is 3.89. The lowest BCUT2D eigenvalue weighted by Gasteiger charge is -2.18. The Hall–Kier alpha value is -2.37. The summed E-state index contributed by atoms with van der Waals surface area (Å²) in [6.07, 6.45) is 0. The quantitative estimate of drug-likeness (QED) is 0.598. The monoisotopic (exact) mass is 386 g/mol. The van der Waals surface area contributed by atoms with Crippen LogP contribution in [0.15, 0.2) is 48.5 Å². The molecular formula is C20H19ClN2O2S. The molecule has 1 aromatic heterocycles. The van der Waals surface area contributed by atoms with Gasteiger partial charge in [-0.2, -0.15) is 0 Å². The number of fused-ring (bicyclic) bond motifs is 1. The molecule has 26 heavy (non-hydrogen) atoms. The maximum absolute atomic E-state index is 12.6. The van der Waals surface area contributed by atoms with Gasteiger partial charge in [0.05, 0.1) is 5.02 Å². The van der Waals surface area contributed by atoms with E-state index in [1.807, 2.05) is 45.0 Å². The van der Waals surface area contributed by atoms with Gasteiger partial charge in [0.1, 0.15) is 4.88 Å². The summed E-state index contributed by atoms with van der Waals surface area (Å²) >= 11 is 7.72. The summed E-state index contributed by atoms with van der Waals surface area (Å²) in [5, 5.41) is 7.03. The molecule has 0 aliphatic carbocycles. The lowest BCUT2D eigenvalue weighted by molar-refractivity contribution is -0.123. The second kappa shape index (κ2) is 7.09. The summed E-state index contributed by atoms with van der Waals surface area (Å²) in [6, 6.07) is 14.7. The second-order valence-corrected chi connectivity index (χ2v) is 8.41. The lowest BCUT2D eigenvalue weighted by atomic mass is 9.95. The van der Waals surface area contributed by atoms with E-state index in [-0.39, 0.29) is 11.8 Å². The third-order valence-corrected chi connectivity index (χ3v) is 5.47. The van der Waals surface area contributed by atoms with Crippen LogP contribution >= 0.6 is 22.9 Å². The van der Waals surface area contributed by atoms with E-state index in [1.54, 1.807) is 24.3 Å². The topological polar surface area (TPSA) is 58.2 Å². The summed E-state index contributed by atoms with van der Waals surface area (Å²) in [5.74, 6) is -0.357. The van der Waals surface area contributed by atoms with Gasteiger partial charge in [-0.3, -0.25) is 9.59 Å². The van der Waals surface area contributed by atoms with Crippen LogP contribution in [0.3, 0.4) is 0 Å². The molecule has 0 atom stereocenters. The van der Waals surface area contributed by atoms with Crippen LogP contribution in [0.5, 0.6) is 0 Å². The Morgan fingerprint density at radius 3 is 2.27 bits per heavy atom. The van der Waals surface area contributed by atoms with E-state index in [0.29, 0.717) is 21.3 Å². The zero-order chi connectivity index (χ0) is 18.9. The van der Waals surface area contributed by atoms with E-state index in [9.17, 15) is 9.59 Å². The minimum Gasteiger partial charge on any atom is -0.326 e. The molecule has 0 aliphatic heterocycles. The van der Waals surface area contributed by atoms with Gasteiger partial charge in [0.15, 0.2) is 0 Å². The van der Waals surface area contributed by atoms with Crippen molar-refractivity contribution in [3.8, 4) is 0 Å². The van der Waals surface area contributed by atoms with Crippen molar-refractivity contribution in [2.45, 2.75) is 20.8 Å². The van der Waals surface area contributed by atoms with Crippen LogP contribution in [0.2, 0.25) is 5.02 Å². The van der Waals surface area contributed by atoms with Gasteiger partial charge in [0.25, 0.3) is 5.91 Å². The first-order valence-corrected chi connectivity index (χ1v) is 9.35. The van der Waals surface area contributed by atoms with Gasteiger partial charge in [-0.1, -0.05) is 56.6 Å². The Balaban J connectivity index is 1.80. The Morgan fingerprint density at radius 1 is 0.962 bits per heavy atom. The van der Waals surface area contributed by atoms with Crippen LogP contribution < -0.4 is 10.6 Å². The summed E-state index contributed by atoms with van der Waals surface area (Å²) in [5.41, 5.74) is 0.726. The highest BCUT2D eigenvalue weighted by molar-refractivity contribution is 7.21. The fourth-order valence-corrected chi connectivity index (χ4v) is 3.75. The Morgan fingerprint density at radius 2 is 1.62 bits per heavy atom. The van der Waals surface area contributed by atoms with Crippen LogP contribution in [0.25, 0.3) is 10.1 Å². The van der Waals surface area contributed by atoms with Crippen molar-refractivity contribution in [3.63, 3.8) is 0 Å². The van der Waals surface area contributed by atoms with Gasteiger partial charge >= 0.3 is 0 Å². The number of rotatable bonds is 3. The van der Waals surface area contributed by atoms with Gasteiger partial charge < -0.3 is 10.6 Å². The van der Waals surface area contributed by atoms with E-state index in [1.165, 1.54) is 11.3 Å².